The number of rotatable bonds is 8. The van der Waals surface area contributed by atoms with Gasteiger partial charge >= 0.3 is 0 Å². The normalized spacial score (nSPS) is 11.4. The third-order valence-electron chi connectivity index (χ3n) is 2.96. The summed E-state index contributed by atoms with van der Waals surface area (Å²) in [5, 5.41) is 11.9. The molecule has 5 nitrogen and oxygen atoms in total. The molecule has 0 radical (unpaired) electrons. The zero-order chi connectivity index (χ0) is 14.4. The van der Waals surface area contributed by atoms with E-state index in [0.29, 0.717) is 19.0 Å². The van der Waals surface area contributed by atoms with Crippen LogP contribution in [0, 0.1) is 5.92 Å². The van der Waals surface area contributed by atoms with Gasteiger partial charge in [0, 0.05) is 32.0 Å². The molecule has 0 spiro atoms. The molecule has 2 aromatic heterocycles. The maximum Gasteiger partial charge on any atom is 0.109 e. The van der Waals surface area contributed by atoms with Crippen LogP contribution in [-0.4, -0.2) is 26.2 Å². The van der Waals surface area contributed by atoms with Crippen molar-refractivity contribution in [3.63, 3.8) is 0 Å². The number of aryl methyl sites for hydroxylation is 1. The molecule has 0 aromatic carbocycles. The van der Waals surface area contributed by atoms with Crippen LogP contribution in [0.2, 0.25) is 0 Å². The van der Waals surface area contributed by atoms with Crippen molar-refractivity contribution in [2.45, 2.75) is 40.0 Å². The monoisotopic (exact) mass is 279 g/mol. The number of hydrogen-bond donors (Lipinski definition) is 1. The second-order valence-corrected chi connectivity index (χ2v) is 5.26. The fourth-order valence-electron chi connectivity index (χ4n) is 2.05. The first-order valence-electron chi connectivity index (χ1n) is 6.98. The number of nitrogens with one attached hydrogen (secondary N) is 1. The molecular weight excluding hydrogens is 257 g/mol. The first-order chi connectivity index (χ1) is 9.69. The van der Waals surface area contributed by atoms with Gasteiger partial charge in [-0.25, -0.2) is 4.39 Å². The van der Waals surface area contributed by atoms with Crippen molar-refractivity contribution in [2.24, 2.45) is 5.92 Å². The highest BCUT2D eigenvalue weighted by Gasteiger charge is 2.05. The van der Waals surface area contributed by atoms with Gasteiger partial charge in [0.2, 0.25) is 0 Å². The highest BCUT2D eigenvalue weighted by atomic mass is 19.1. The Labute approximate surface area is 118 Å². The SMILES string of the molecule is CC(C)Cn1nccc1CNCc1ccn(CCF)n1. The Morgan fingerprint density at radius 2 is 2.15 bits per heavy atom. The van der Waals surface area contributed by atoms with Gasteiger partial charge < -0.3 is 5.32 Å². The molecule has 0 aliphatic heterocycles. The third kappa shape index (κ3) is 4.16. The maximum atomic E-state index is 12.2. The molecule has 2 heterocycles. The Morgan fingerprint density at radius 1 is 1.30 bits per heavy atom. The molecule has 0 aliphatic carbocycles. The number of aromatic nitrogens is 4. The number of nitrogens with zero attached hydrogens (tertiary/aromatic N) is 4. The van der Waals surface area contributed by atoms with E-state index in [1.807, 2.05) is 23.0 Å². The molecule has 0 amide bonds. The van der Waals surface area contributed by atoms with E-state index < -0.39 is 0 Å². The van der Waals surface area contributed by atoms with E-state index in [0.717, 1.165) is 18.8 Å². The molecule has 2 aromatic rings. The lowest BCUT2D eigenvalue weighted by atomic mass is 10.2. The molecule has 0 saturated heterocycles. The largest absolute Gasteiger partial charge is 0.305 e. The quantitative estimate of drug-likeness (QED) is 0.804. The summed E-state index contributed by atoms with van der Waals surface area (Å²) in [6.45, 7) is 6.64. The fraction of sp³-hybridized carbons (Fsp3) is 0.571. The van der Waals surface area contributed by atoms with Gasteiger partial charge in [0.05, 0.1) is 17.9 Å². The van der Waals surface area contributed by atoms with Crippen molar-refractivity contribution in [3.05, 3.63) is 35.9 Å². The molecular formula is C14H22FN5. The van der Waals surface area contributed by atoms with Crippen molar-refractivity contribution in [1.29, 1.82) is 0 Å². The number of alkyl halides is 1. The van der Waals surface area contributed by atoms with Crippen LogP contribution < -0.4 is 5.32 Å². The van der Waals surface area contributed by atoms with Gasteiger partial charge in [0.1, 0.15) is 6.67 Å². The topological polar surface area (TPSA) is 47.7 Å². The Bertz CT molecular complexity index is 517. The van der Waals surface area contributed by atoms with Gasteiger partial charge in [-0.3, -0.25) is 9.36 Å². The minimum Gasteiger partial charge on any atom is -0.305 e. The Hall–Kier alpha value is -1.69. The molecule has 6 heteroatoms. The fourth-order valence-corrected chi connectivity index (χ4v) is 2.05. The highest BCUT2D eigenvalue weighted by Crippen LogP contribution is 2.04. The summed E-state index contributed by atoms with van der Waals surface area (Å²) in [5.74, 6) is 0.574. The molecule has 0 fully saturated rings. The zero-order valence-corrected chi connectivity index (χ0v) is 12.1. The molecule has 0 saturated carbocycles. The molecule has 2 rings (SSSR count). The van der Waals surface area contributed by atoms with E-state index >= 15 is 0 Å². The summed E-state index contributed by atoms with van der Waals surface area (Å²) < 4.78 is 15.8. The minimum atomic E-state index is -0.386. The van der Waals surface area contributed by atoms with Gasteiger partial charge in [-0.1, -0.05) is 13.8 Å². The molecule has 0 bridgehead atoms. The van der Waals surface area contributed by atoms with Crippen LogP contribution >= 0.6 is 0 Å². The average Bonchev–Trinajstić information content (AvgIpc) is 3.00. The summed E-state index contributed by atoms with van der Waals surface area (Å²) in [4.78, 5) is 0. The van der Waals surface area contributed by atoms with Crippen LogP contribution in [0.3, 0.4) is 0 Å². The number of hydrogen-bond acceptors (Lipinski definition) is 3. The van der Waals surface area contributed by atoms with Gasteiger partial charge in [-0.05, 0) is 18.1 Å². The molecule has 0 aliphatic rings. The smallest absolute Gasteiger partial charge is 0.109 e. The highest BCUT2D eigenvalue weighted by molar-refractivity contribution is 5.02. The van der Waals surface area contributed by atoms with Gasteiger partial charge in [-0.15, -0.1) is 0 Å². The average molecular weight is 279 g/mol. The summed E-state index contributed by atoms with van der Waals surface area (Å²) in [6, 6.07) is 3.94. The van der Waals surface area contributed by atoms with E-state index in [-0.39, 0.29) is 6.67 Å². The van der Waals surface area contributed by atoms with Crippen LogP contribution in [-0.2, 0) is 26.2 Å². The second-order valence-electron chi connectivity index (χ2n) is 5.26. The minimum absolute atomic E-state index is 0.321. The first-order valence-corrected chi connectivity index (χ1v) is 6.98. The van der Waals surface area contributed by atoms with Crippen molar-refractivity contribution >= 4 is 0 Å². The Balaban J connectivity index is 1.81. The molecule has 0 unspecified atom stereocenters. The van der Waals surface area contributed by atoms with E-state index in [2.05, 4.69) is 29.4 Å². The van der Waals surface area contributed by atoms with Crippen molar-refractivity contribution < 1.29 is 4.39 Å². The maximum absolute atomic E-state index is 12.2. The van der Waals surface area contributed by atoms with E-state index in [9.17, 15) is 4.39 Å². The summed E-state index contributed by atoms with van der Waals surface area (Å²) >= 11 is 0. The van der Waals surface area contributed by atoms with Crippen LogP contribution in [0.4, 0.5) is 4.39 Å². The van der Waals surface area contributed by atoms with Crippen molar-refractivity contribution in [1.82, 2.24) is 24.9 Å². The summed E-state index contributed by atoms with van der Waals surface area (Å²) in [5.41, 5.74) is 2.09. The van der Waals surface area contributed by atoms with Crippen molar-refractivity contribution in [2.75, 3.05) is 6.67 Å². The third-order valence-corrected chi connectivity index (χ3v) is 2.96. The van der Waals surface area contributed by atoms with Crippen LogP contribution in [0.15, 0.2) is 24.5 Å². The molecule has 1 N–H and O–H groups in total. The van der Waals surface area contributed by atoms with Crippen LogP contribution in [0.25, 0.3) is 0 Å². The predicted octanol–water partition coefficient (Wildman–Crippen LogP) is 1.99. The second kappa shape index (κ2) is 7.19. The number of halogens is 1. The Kier molecular flexibility index (Phi) is 5.29. The predicted molar refractivity (Wildman–Crippen MR) is 75.8 cm³/mol. The van der Waals surface area contributed by atoms with Gasteiger partial charge in [-0.2, -0.15) is 10.2 Å². The lowest BCUT2D eigenvalue weighted by Gasteiger charge is -2.10. The zero-order valence-electron chi connectivity index (χ0n) is 12.1. The molecule has 110 valence electrons. The van der Waals surface area contributed by atoms with Gasteiger partial charge in [0.25, 0.3) is 0 Å². The van der Waals surface area contributed by atoms with Crippen molar-refractivity contribution in [3.8, 4) is 0 Å². The van der Waals surface area contributed by atoms with E-state index in [1.165, 1.54) is 5.69 Å². The first kappa shape index (κ1) is 14.7. The summed E-state index contributed by atoms with van der Waals surface area (Å²) in [6.07, 6.45) is 3.63. The Morgan fingerprint density at radius 3 is 2.90 bits per heavy atom. The van der Waals surface area contributed by atoms with Crippen LogP contribution in [0.1, 0.15) is 25.2 Å². The lowest BCUT2D eigenvalue weighted by Crippen LogP contribution is -2.18. The lowest BCUT2D eigenvalue weighted by molar-refractivity contribution is 0.424. The summed E-state index contributed by atoms with van der Waals surface area (Å²) in [7, 11) is 0. The van der Waals surface area contributed by atoms with E-state index in [1.54, 1.807) is 10.9 Å². The van der Waals surface area contributed by atoms with Gasteiger partial charge in [0.15, 0.2) is 0 Å². The van der Waals surface area contributed by atoms with E-state index in [4.69, 9.17) is 0 Å². The van der Waals surface area contributed by atoms with Crippen LogP contribution in [0.5, 0.6) is 0 Å². The molecule has 0 atom stereocenters. The standard InChI is InChI=1S/C14H22FN5/c1-12(2)11-20-14(3-6-17-20)10-16-9-13-4-7-19(18-13)8-5-15/h3-4,6-7,12,16H,5,8-11H2,1-2H3. The molecule has 20 heavy (non-hydrogen) atoms.